The van der Waals surface area contributed by atoms with Gasteiger partial charge in [-0.3, -0.25) is 0 Å². The molecule has 0 amide bonds. The maximum atomic E-state index is 14.1. The molecule has 1 rings (SSSR count). The third kappa shape index (κ3) is 10.8. The lowest BCUT2D eigenvalue weighted by molar-refractivity contribution is 0.607. The van der Waals surface area contributed by atoms with Gasteiger partial charge in [-0.15, -0.1) is 11.3 Å². The molecule has 0 spiro atoms. The van der Waals surface area contributed by atoms with Gasteiger partial charge in [0, 0.05) is 15.3 Å². The molecule has 0 nitrogen and oxygen atoms in total. The summed E-state index contributed by atoms with van der Waals surface area (Å²) >= 11 is 1.57. The molecule has 0 aliphatic carbocycles. The van der Waals surface area contributed by atoms with Gasteiger partial charge in [0.1, 0.15) is 5.82 Å². The molecule has 0 aliphatic rings. The minimum atomic E-state index is 0.0124. The fourth-order valence-electron chi connectivity index (χ4n) is 3.44. The second kappa shape index (κ2) is 13.7. The van der Waals surface area contributed by atoms with Crippen LogP contribution in [0.1, 0.15) is 94.9 Å². The maximum Gasteiger partial charge on any atom is 0.140 e. The van der Waals surface area contributed by atoms with Gasteiger partial charge < -0.3 is 0 Å². The van der Waals surface area contributed by atoms with E-state index in [1.165, 1.54) is 28.7 Å². The Balaban J connectivity index is 2.30. The lowest BCUT2D eigenvalue weighted by atomic mass is 10.0. The van der Waals surface area contributed by atoms with E-state index in [9.17, 15) is 4.39 Å². The van der Waals surface area contributed by atoms with Crippen LogP contribution in [0.5, 0.6) is 0 Å². The molecule has 1 aromatic rings. The van der Waals surface area contributed by atoms with Crippen molar-refractivity contribution in [3.63, 3.8) is 0 Å². The number of allylic oxidation sites excluding steroid dienone is 8. The average Bonchev–Trinajstić information content (AvgIpc) is 2.87. The molecule has 0 fully saturated rings. The van der Waals surface area contributed by atoms with Crippen LogP contribution in [0.15, 0.2) is 46.6 Å². The van der Waals surface area contributed by atoms with E-state index in [0.29, 0.717) is 0 Å². The predicted octanol–water partition coefficient (Wildman–Crippen LogP) is 9.58. The first kappa shape index (κ1) is 25.6. The zero-order valence-corrected chi connectivity index (χ0v) is 20.6. The normalized spacial score (nSPS) is 13.2. The third-order valence-corrected chi connectivity index (χ3v) is 6.38. The van der Waals surface area contributed by atoms with E-state index in [4.69, 9.17) is 0 Å². The molecular formula is C27H41FS. The Kier molecular flexibility index (Phi) is 12.1. The van der Waals surface area contributed by atoms with Crippen LogP contribution in [-0.4, -0.2) is 0 Å². The molecule has 0 N–H and O–H groups in total. The van der Waals surface area contributed by atoms with E-state index in [-0.39, 0.29) is 5.82 Å². The summed E-state index contributed by atoms with van der Waals surface area (Å²) in [5.74, 6) is 0.0124. The van der Waals surface area contributed by atoms with Crippen LogP contribution in [0.3, 0.4) is 0 Å². The highest BCUT2D eigenvalue weighted by Crippen LogP contribution is 2.27. The third-order valence-electron chi connectivity index (χ3n) is 5.35. The average molecular weight is 417 g/mol. The molecule has 0 radical (unpaired) electrons. The molecule has 0 unspecified atom stereocenters. The van der Waals surface area contributed by atoms with Crippen molar-refractivity contribution in [1.29, 1.82) is 0 Å². The van der Waals surface area contributed by atoms with Crippen molar-refractivity contribution in [3.05, 3.63) is 67.7 Å². The summed E-state index contributed by atoms with van der Waals surface area (Å²) in [6.07, 6.45) is 17.9. The largest absolute Gasteiger partial charge is 0.205 e. The summed E-state index contributed by atoms with van der Waals surface area (Å²) in [5.41, 5.74) is 6.72. The highest BCUT2D eigenvalue weighted by molar-refractivity contribution is 7.12. The molecule has 162 valence electrons. The number of aryl methyl sites for hydroxylation is 2. The van der Waals surface area contributed by atoms with Crippen LogP contribution < -0.4 is 0 Å². The number of hydrogen-bond donors (Lipinski definition) is 0. The first-order valence-corrected chi connectivity index (χ1v) is 11.9. The number of thiophene rings is 1. The van der Waals surface area contributed by atoms with Gasteiger partial charge in [-0.05, 0) is 99.8 Å². The molecule has 0 saturated heterocycles. The highest BCUT2D eigenvalue weighted by Gasteiger charge is 2.11. The summed E-state index contributed by atoms with van der Waals surface area (Å²) < 4.78 is 14.1. The lowest BCUT2D eigenvalue weighted by Crippen LogP contribution is -1.89. The standard InChI is InChI=1S/C27H41FS/c1-20(2)12-8-13-21(3)14-9-15-22(4)16-10-17-23(5)18-11-19-26-24(6)29-25(7)27(26)28/h12,14,16,18H,8-11,13,15,17,19H2,1-7H3. The first-order valence-electron chi connectivity index (χ1n) is 11.0. The van der Waals surface area contributed by atoms with Gasteiger partial charge in [0.25, 0.3) is 0 Å². The molecule has 0 aromatic carbocycles. The fraction of sp³-hybridized carbons (Fsp3) is 0.556. The van der Waals surface area contributed by atoms with Gasteiger partial charge in [-0.25, -0.2) is 4.39 Å². The van der Waals surface area contributed by atoms with Crippen molar-refractivity contribution < 1.29 is 4.39 Å². The SMILES string of the molecule is CC(C)=CCCC(C)=CCCC(C)=CCCC(C)=CCCc1c(C)sc(C)c1F. The molecular weight excluding hydrogens is 375 g/mol. The van der Waals surface area contributed by atoms with E-state index in [1.54, 1.807) is 11.3 Å². The van der Waals surface area contributed by atoms with Crippen LogP contribution in [0.2, 0.25) is 0 Å². The number of hydrogen-bond acceptors (Lipinski definition) is 1. The minimum Gasteiger partial charge on any atom is -0.205 e. The van der Waals surface area contributed by atoms with Crippen molar-refractivity contribution in [1.82, 2.24) is 0 Å². The maximum absolute atomic E-state index is 14.1. The molecule has 1 aromatic heterocycles. The van der Waals surface area contributed by atoms with Gasteiger partial charge in [-0.1, -0.05) is 46.6 Å². The highest BCUT2D eigenvalue weighted by atomic mass is 32.1. The number of rotatable bonds is 12. The second-order valence-electron chi connectivity index (χ2n) is 8.59. The zero-order valence-electron chi connectivity index (χ0n) is 19.8. The smallest absolute Gasteiger partial charge is 0.140 e. The Labute approximate surface area is 183 Å². The Morgan fingerprint density at radius 3 is 1.55 bits per heavy atom. The van der Waals surface area contributed by atoms with E-state index >= 15 is 0 Å². The van der Waals surface area contributed by atoms with Crippen LogP contribution in [0.4, 0.5) is 4.39 Å². The molecule has 0 saturated carbocycles. The van der Waals surface area contributed by atoms with E-state index in [2.05, 4.69) is 58.9 Å². The van der Waals surface area contributed by atoms with Crippen LogP contribution in [0, 0.1) is 19.7 Å². The van der Waals surface area contributed by atoms with Gasteiger partial charge in [0.15, 0.2) is 0 Å². The molecule has 29 heavy (non-hydrogen) atoms. The quantitative estimate of drug-likeness (QED) is 0.297. The summed E-state index contributed by atoms with van der Waals surface area (Å²) in [4.78, 5) is 1.95. The van der Waals surface area contributed by atoms with Crippen molar-refractivity contribution >= 4 is 11.3 Å². The Morgan fingerprint density at radius 2 is 1.14 bits per heavy atom. The van der Waals surface area contributed by atoms with Crippen LogP contribution in [0.25, 0.3) is 0 Å². The summed E-state index contributed by atoms with van der Waals surface area (Å²) in [6, 6.07) is 0. The van der Waals surface area contributed by atoms with Gasteiger partial charge >= 0.3 is 0 Å². The van der Waals surface area contributed by atoms with Crippen LogP contribution in [-0.2, 0) is 6.42 Å². The van der Waals surface area contributed by atoms with Crippen molar-refractivity contribution in [2.45, 2.75) is 99.8 Å². The molecule has 0 aliphatic heterocycles. The van der Waals surface area contributed by atoms with Gasteiger partial charge in [0.05, 0.1) is 0 Å². The molecule has 0 atom stereocenters. The summed E-state index contributed by atoms with van der Waals surface area (Å²) in [7, 11) is 0. The number of halogens is 1. The van der Waals surface area contributed by atoms with E-state index in [0.717, 1.165) is 60.3 Å². The fourth-order valence-corrected chi connectivity index (χ4v) is 4.43. The van der Waals surface area contributed by atoms with Gasteiger partial charge in [0.2, 0.25) is 0 Å². The Morgan fingerprint density at radius 1 is 0.690 bits per heavy atom. The molecule has 1 heterocycles. The zero-order chi connectivity index (χ0) is 21.8. The van der Waals surface area contributed by atoms with E-state index < -0.39 is 0 Å². The second-order valence-corrected chi connectivity index (χ2v) is 10.0. The Bertz CT molecular complexity index is 752. The molecule has 2 heteroatoms. The van der Waals surface area contributed by atoms with Crippen molar-refractivity contribution in [2.75, 3.05) is 0 Å². The lowest BCUT2D eigenvalue weighted by Gasteiger charge is -2.03. The minimum absolute atomic E-state index is 0.0124. The van der Waals surface area contributed by atoms with Crippen molar-refractivity contribution in [3.8, 4) is 0 Å². The Hall–Kier alpha value is -1.41. The summed E-state index contributed by atoms with van der Waals surface area (Å²) in [5, 5.41) is 0. The first-order chi connectivity index (χ1) is 13.7. The molecule has 0 bridgehead atoms. The topological polar surface area (TPSA) is 0 Å². The van der Waals surface area contributed by atoms with Crippen molar-refractivity contribution in [2.24, 2.45) is 0 Å². The summed E-state index contributed by atoms with van der Waals surface area (Å²) in [6.45, 7) is 14.9. The predicted molar refractivity (Wildman–Crippen MR) is 130 cm³/mol. The van der Waals surface area contributed by atoms with E-state index in [1.807, 2.05) is 13.8 Å². The monoisotopic (exact) mass is 416 g/mol. The van der Waals surface area contributed by atoms with Gasteiger partial charge in [-0.2, -0.15) is 0 Å². The van der Waals surface area contributed by atoms with Crippen LogP contribution >= 0.6 is 11.3 Å².